The number of anilines is 1. The van der Waals surface area contributed by atoms with Crippen LogP contribution in [0.15, 0.2) is 57.9 Å². The molecule has 0 saturated carbocycles. The van der Waals surface area contributed by atoms with E-state index in [4.69, 9.17) is 4.74 Å². The quantitative estimate of drug-likeness (QED) is 0.396. The van der Waals surface area contributed by atoms with Crippen LogP contribution in [-0.2, 0) is 19.6 Å². The number of carboxylic acid groups (broad SMARTS) is 1. The summed E-state index contributed by atoms with van der Waals surface area (Å²) in [6.07, 6.45) is -0.723. The number of ether oxygens (including phenoxy) is 1. The Morgan fingerprint density at radius 1 is 1.15 bits per heavy atom. The van der Waals surface area contributed by atoms with E-state index in [2.05, 4.69) is 33.9 Å². The number of morpholine rings is 1. The number of aliphatic carboxylic acids is 1. The highest BCUT2D eigenvalue weighted by molar-refractivity contribution is 9.10. The molecule has 1 saturated heterocycles. The van der Waals surface area contributed by atoms with E-state index in [1.54, 1.807) is 31.2 Å². The van der Waals surface area contributed by atoms with Gasteiger partial charge in [0.05, 0.1) is 24.3 Å². The van der Waals surface area contributed by atoms with E-state index in [-0.39, 0.29) is 16.6 Å². The Kier molecular flexibility index (Phi) is 9.13. The van der Waals surface area contributed by atoms with Crippen molar-refractivity contribution in [3.8, 4) is 0 Å². The zero-order valence-electron chi connectivity index (χ0n) is 18.4. The minimum atomic E-state index is -4.20. The first-order valence-electron chi connectivity index (χ1n) is 10.5. The van der Waals surface area contributed by atoms with Crippen LogP contribution in [0, 0.1) is 0 Å². The van der Waals surface area contributed by atoms with Gasteiger partial charge >= 0.3 is 5.97 Å². The van der Waals surface area contributed by atoms with Gasteiger partial charge in [0.15, 0.2) is 0 Å². The summed E-state index contributed by atoms with van der Waals surface area (Å²) >= 11 is 7.43. The number of benzene rings is 2. The van der Waals surface area contributed by atoms with Crippen molar-refractivity contribution in [2.24, 2.45) is 0 Å². The number of carbonyl (C=O) groups is 2. The van der Waals surface area contributed by atoms with E-state index in [1.807, 2.05) is 4.90 Å². The zero-order valence-corrected chi connectivity index (χ0v) is 21.7. The van der Waals surface area contributed by atoms with Crippen LogP contribution in [0.4, 0.5) is 5.69 Å². The molecule has 1 amide bonds. The van der Waals surface area contributed by atoms with Gasteiger partial charge < -0.3 is 15.2 Å². The summed E-state index contributed by atoms with van der Waals surface area (Å²) < 4.78 is 34.3. The van der Waals surface area contributed by atoms with Crippen molar-refractivity contribution in [2.45, 2.75) is 24.0 Å². The molecule has 2 atom stereocenters. The highest BCUT2D eigenvalue weighted by atomic mass is 79.9. The standard InChI is InChI=1S/C22H26BrN3O6S2/c1-15(25-10-12-32-13-11-25)26(20(14-33)22(28)29)34(30,31)19-8-6-18(7-9-19)24-21(27)16-2-4-17(23)5-3-16/h2-9,15,20,33H,10-14H2,1H3,(H,24,27)(H,28,29)/t15?,20-/m0/s1. The van der Waals surface area contributed by atoms with Crippen molar-refractivity contribution in [1.29, 1.82) is 0 Å². The Morgan fingerprint density at radius 3 is 2.26 bits per heavy atom. The predicted molar refractivity (Wildman–Crippen MR) is 135 cm³/mol. The first-order valence-corrected chi connectivity index (χ1v) is 13.4. The molecule has 1 unspecified atom stereocenters. The first-order chi connectivity index (χ1) is 16.1. The van der Waals surface area contributed by atoms with E-state index >= 15 is 0 Å². The molecule has 3 rings (SSSR count). The van der Waals surface area contributed by atoms with Crippen LogP contribution >= 0.6 is 28.6 Å². The van der Waals surface area contributed by atoms with Gasteiger partial charge in [-0.1, -0.05) is 15.9 Å². The number of rotatable bonds is 9. The van der Waals surface area contributed by atoms with Gasteiger partial charge in [-0.05, 0) is 55.5 Å². The average Bonchev–Trinajstić information content (AvgIpc) is 2.83. The molecular formula is C22H26BrN3O6S2. The number of carboxylic acids is 1. The number of nitrogens with one attached hydrogen (secondary N) is 1. The lowest BCUT2D eigenvalue weighted by Crippen LogP contribution is -2.58. The van der Waals surface area contributed by atoms with Gasteiger partial charge in [-0.3, -0.25) is 14.5 Å². The Labute approximate surface area is 212 Å². The van der Waals surface area contributed by atoms with Gasteiger partial charge in [0, 0.05) is 34.6 Å². The molecule has 12 heteroatoms. The minimum absolute atomic E-state index is 0.0812. The molecule has 1 aliphatic heterocycles. The third-order valence-corrected chi connectivity index (χ3v) is 8.36. The lowest BCUT2D eigenvalue weighted by molar-refractivity contribution is -0.142. The number of carbonyl (C=O) groups excluding carboxylic acids is 1. The molecule has 0 spiro atoms. The van der Waals surface area contributed by atoms with Crippen molar-refractivity contribution < 1.29 is 27.9 Å². The number of hydrogen-bond donors (Lipinski definition) is 3. The molecular weight excluding hydrogens is 546 g/mol. The average molecular weight is 573 g/mol. The van der Waals surface area contributed by atoms with Crippen LogP contribution < -0.4 is 5.32 Å². The summed E-state index contributed by atoms with van der Waals surface area (Å²) in [6.45, 7) is 3.49. The largest absolute Gasteiger partial charge is 0.480 e. The summed E-state index contributed by atoms with van der Waals surface area (Å²) in [7, 11) is -4.20. The molecule has 9 nitrogen and oxygen atoms in total. The van der Waals surface area contributed by atoms with Crippen molar-refractivity contribution in [2.75, 3.05) is 37.4 Å². The molecule has 2 aromatic carbocycles. The van der Waals surface area contributed by atoms with Gasteiger partial charge in [-0.15, -0.1) is 0 Å². The molecule has 0 aliphatic carbocycles. The molecule has 1 heterocycles. The Bertz CT molecular complexity index is 1110. The summed E-state index contributed by atoms with van der Waals surface area (Å²) in [4.78, 5) is 26.1. The second kappa shape index (κ2) is 11.6. The monoisotopic (exact) mass is 571 g/mol. The van der Waals surface area contributed by atoms with E-state index in [0.29, 0.717) is 37.6 Å². The fraction of sp³-hybridized carbons (Fsp3) is 0.364. The fourth-order valence-corrected chi connectivity index (χ4v) is 6.11. The van der Waals surface area contributed by atoms with Crippen LogP contribution in [0.1, 0.15) is 17.3 Å². The number of amides is 1. The molecule has 34 heavy (non-hydrogen) atoms. The van der Waals surface area contributed by atoms with E-state index in [1.165, 1.54) is 24.3 Å². The van der Waals surface area contributed by atoms with E-state index in [9.17, 15) is 23.1 Å². The number of sulfonamides is 1. The first kappa shape index (κ1) is 26.6. The molecule has 1 aliphatic rings. The SMILES string of the molecule is CC(N1CCOCC1)N([C@@H](CS)C(=O)O)S(=O)(=O)c1ccc(NC(=O)c2ccc(Br)cc2)cc1. The van der Waals surface area contributed by atoms with Gasteiger partial charge in [0.1, 0.15) is 6.04 Å². The van der Waals surface area contributed by atoms with Crippen molar-refractivity contribution >= 4 is 56.1 Å². The molecule has 184 valence electrons. The van der Waals surface area contributed by atoms with Gasteiger partial charge in [-0.2, -0.15) is 16.9 Å². The number of thiol groups is 1. The number of nitrogens with zero attached hydrogens (tertiary/aromatic N) is 2. The topological polar surface area (TPSA) is 116 Å². The fourth-order valence-electron chi connectivity index (χ4n) is 3.64. The zero-order chi connectivity index (χ0) is 24.9. The molecule has 2 N–H and O–H groups in total. The Morgan fingerprint density at radius 2 is 1.74 bits per heavy atom. The third kappa shape index (κ3) is 6.18. The molecule has 0 bridgehead atoms. The van der Waals surface area contributed by atoms with Crippen LogP contribution in [0.2, 0.25) is 0 Å². The molecule has 1 fully saturated rings. The normalized spacial score (nSPS) is 16.7. The Balaban J connectivity index is 1.86. The summed E-state index contributed by atoms with van der Waals surface area (Å²) in [5.41, 5.74) is 0.854. The second-order valence-corrected chi connectivity index (χ2v) is 10.8. The maximum absolute atomic E-state index is 13.6. The van der Waals surface area contributed by atoms with Crippen LogP contribution in [0.25, 0.3) is 0 Å². The van der Waals surface area contributed by atoms with Crippen molar-refractivity contribution in [1.82, 2.24) is 9.21 Å². The third-order valence-electron chi connectivity index (χ3n) is 5.50. The summed E-state index contributed by atoms with van der Waals surface area (Å²) in [5.74, 6) is -1.81. The van der Waals surface area contributed by atoms with E-state index in [0.717, 1.165) is 8.78 Å². The van der Waals surface area contributed by atoms with E-state index < -0.39 is 28.2 Å². The number of hydrogen-bond acceptors (Lipinski definition) is 7. The predicted octanol–water partition coefficient (Wildman–Crippen LogP) is 2.75. The lowest BCUT2D eigenvalue weighted by Gasteiger charge is -2.40. The molecule has 2 aromatic rings. The maximum atomic E-state index is 13.6. The molecule has 0 radical (unpaired) electrons. The smallest absolute Gasteiger partial charge is 0.322 e. The van der Waals surface area contributed by atoms with Gasteiger partial charge in [-0.25, -0.2) is 8.42 Å². The van der Waals surface area contributed by atoms with Crippen LogP contribution in [0.3, 0.4) is 0 Å². The van der Waals surface area contributed by atoms with Crippen LogP contribution in [0.5, 0.6) is 0 Å². The van der Waals surface area contributed by atoms with Gasteiger partial charge in [0.2, 0.25) is 10.0 Å². The second-order valence-electron chi connectivity index (χ2n) is 7.64. The highest BCUT2D eigenvalue weighted by Crippen LogP contribution is 2.26. The lowest BCUT2D eigenvalue weighted by atomic mass is 10.2. The Hall–Kier alpha value is -1.96. The number of halogens is 1. The van der Waals surface area contributed by atoms with Gasteiger partial charge in [0.25, 0.3) is 5.91 Å². The highest BCUT2D eigenvalue weighted by Gasteiger charge is 2.41. The summed E-state index contributed by atoms with van der Waals surface area (Å²) in [5, 5.41) is 12.4. The van der Waals surface area contributed by atoms with Crippen LogP contribution in [-0.4, -0.2) is 78.9 Å². The minimum Gasteiger partial charge on any atom is -0.480 e. The molecule has 0 aromatic heterocycles. The van der Waals surface area contributed by atoms with Crippen molar-refractivity contribution in [3.63, 3.8) is 0 Å². The van der Waals surface area contributed by atoms with Crippen molar-refractivity contribution in [3.05, 3.63) is 58.6 Å². The summed E-state index contributed by atoms with van der Waals surface area (Å²) in [6, 6.07) is 11.1. The maximum Gasteiger partial charge on any atom is 0.322 e.